The summed E-state index contributed by atoms with van der Waals surface area (Å²) in [5.74, 6) is 5.24. The summed E-state index contributed by atoms with van der Waals surface area (Å²) in [5.41, 5.74) is 1.26. The second-order valence-corrected chi connectivity index (χ2v) is 7.37. The van der Waals surface area contributed by atoms with Gasteiger partial charge < -0.3 is 15.1 Å². The molecule has 5 nitrogen and oxygen atoms in total. The fourth-order valence-electron chi connectivity index (χ4n) is 3.33. The fraction of sp³-hybridized carbons (Fsp3) is 0.333. The van der Waals surface area contributed by atoms with Crippen LogP contribution >= 0.6 is 0 Å². The zero-order valence-corrected chi connectivity index (χ0v) is 17.7. The van der Waals surface area contributed by atoms with Crippen molar-refractivity contribution in [2.24, 2.45) is 0 Å². The number of carbonyl (C=O) groups is 2. The SMILES string of the molecule is CCc1ccc(C(=O)N2CCN(C(=O)NCC#Cc3cccc(C(F)(F)F)c3)CC2)cc1. The third-order valence-electron chi connectivity index (χ3n) is 5.21. The summed E-state index contributed by atoms with van der Waals surface area (Å²) in [6.07, 6.45) is -3.51. The first kappa shape index (κ1) is 23.2. The van der Waals surface area contributed by atoms with Gasteiger partial charge in [0.1, 0.15) is 0 Å². The highest BCUT2D eigenvalue weighted by atomic mass is 19.4. The molecule has 0 aliphatic carbocycles. The minimum absolute atomic E-state index is 0.0119. The Morgan fingerprint density at radius 1 is 1.00 bits per heavy atom. The molecule has 1 aliphatic rings. The number of hydrogen-bond donors (Lipinski definition) is 1. The monoisotopic (exact) mass is 443 g/mol. The predicted octanol–water partition coefficient (Wildman–Crippen LogP) is 3.79. The van der Waals surface area contributed by atoms with Gasteiger partial charge in [-0.05, 0) is 42.3 Å². The summed E-state index contributed by atoms with van der Waals surface area (Å²) in [6, 6.07) is 11.9. The van der Waals surface area contributed by atoms with Gasteiger partial charge in [-0.25, -0.2) is 4.79 Å². The summed E-state index contributed by atoms with van der Waals surface area (Å²) in [6.45, 7) is 3.71. The van der Waals surface area contributed by atoms with Gasteiger partial charge in [-0.15, -0.1) is 0 Å². The molecule has 0 saturated carbocycles. The van der Waals surface area contributed by atoms with Crippen LogP contribution in [0, 0.1) is 11.8 Å². The van der Waals surface area contributed by atoms with Crippen molar-refractivity contribution < 1.29 is 22.8 Å². The number of aryl methyl sites for hydroxylation is 1. The molecular weight excluding hydrogens is 419 g/mol. The van der Waals surface area contributed by atoms with Crippen LogP contribution in [0.5, 0.6) is 0 Å². The summed E-state index contributed by atoms with van der Waals surface area (Å²) in [4.78, 5) is 28.2. The van der Waals surface area contributed by atoms with Gasteiger partial charge in [0.05, 0.1) is 12.1 Å². The van der Waals surface area contributed by atoms with Gasteiger partial charge in [-0.3, -0.25) is 4.79 Å². The molecule has 1 saturated heterocycles. The Balaban J connectivity index is 1.46. The summed E-state index contributed by atoms with van der Waals surface area (Å²) < 4.78 is 38.2. The number of alkyl halides is 3. The summed E-state index contributed by atoms with van der Waals surface area (Å²) in [7, 11) is 0. The summed E-state index contributed by atoms with van der Waals surface area (Å²) in [5, 5.41) is 2.64. The van der Waals surface area contributed by atoms with Gasteiger partial charge in [-0.1, -0.05) is 37.0 Å². The molecule has 168 valence electrons. The van der Waals surface area contributed by atoms with E-state index in [1.807, 2.05) is 24.3 Å². The fourth-order valence-corrected chi connectivity index (χ4v) is 3.33. The molecule has 1 aliphatic heterocycles. The number of urea groups is 1. The van der Waals surface area contributed by atoms with Crippen LogP contribution in [0.3, 0.4) is 0 Å². The van der Waals surface area contributed by atoms with Crippen molar-refractivity contribution in [3.8, 4) is 11.8 Å². The van der Waals surface area contributed by atoms with Crippen molar-refractivity contribution in [2.45, 2.75) is 19.5 Å². The van der Waals surface area contributed by atoms with E-state index in [0.29, 0.717) is 31.7 Å². The lowest BCUT2D eigenvalue weighted by atomic mass is 10.1. The van der Waals surface area contributed by atoms with Gasteiger partial charge >= 0.3 is 12.2 Å². The highest BCUT2D eigenvalue weighted by molar-refractivity contribution is 5.94. The Bertz CT molecular complexity index is 1020. The van der Waals surface area contributed by atoms with Crippen LogP contribution in [0.1, 0.15) is 34.0 Å². The zero-order chi connectivity index (χ0) is 23.1. The van der Waals surface area contributed by atoms with Crippen molar-refractivity contribution in [3.63, 3.8) is 0 Å². The minimum atomic E-state index is -4.42. The smallest absolute Gasteiger partial charge is 0.335 e. The van der Waals surface area contributed by atoms with E-state index in [2.05, 4.69) is 24.1 Å². The topological polar surface area (TPSA) is 52.7 Å². The van der Waals surface area contributed by atoms with Gasteiger partial charge in [0.2, 0.25) is 0 Å². The van der Waals surface area contributed by atoms with Gasteiger partial charge in [-0.2, -0.15) is 13.2 Å². The van der Waals surface area contributed by atoms with Crippen molar-refractivity contribution in [1.82, 2.24) is 15.1 Å². The maximum atomic E-state index is 12.7. The van der Waals surface area contributed by atoms with Gasteiger partial charge in [0, 0.05) is 37.3 Å². The van der Waals surface area contributed by atoms with Crippen LogP contribution in [-0.4, -0.2) is 54.5 Å². The van der Waals surface area contributed by atoms with E-state index in [1.165, 1.54) is 17.7 Å². The minimum Gasteiger partial charge on any atom is -0.335 e. The Hall–Kier alpha value is -3.47. The van der Waals surface area contributed by atoms with Crippen LogP contribution in [0.4, 0.5) is 18.0 Å². The first-order valence-electron chi connectivity index (χ1n) is 10.3. The molecule has 0 unspecified atom stereocenters. The third-order valence-corrected chi connectivity index (χ3v) is 5.21. The molecule has 1 fully saturated rings. The van der Waals surface area contributed by atoms with E-state index in [0.717, 1.165) is 18.6 Å². The first-order chi connectivity index (χ1) is 15.3. The first-order valence-corrected chi connectivity index (χ1v) is 10.3. The molecule has 2 aromatic carbocycles. The summed E-state index contributed by atoms with van der Waals surface area (Å²) >= 11 is 0. The molecule has 1 N–H and O–H groups in total. The number of nitrogens with zero attached hydrogens (tertiary/aromatic N) is 2. The van der Waals surface area contributed by atoms with E-state index >= 15 is 0 Å². The molecule has 0 aromatic heterocycles. The van der Waals surface area contributed by atoms with Gasteiger partial charge in [0.25, 0.3) is 5.91 Å². The van der Waals surface area contributed by atoms with Gasteiger partial charge in [0.15, 0.2) is 0 Å². The molecule has 2 aromatic rings. The van der Waals surface area contributed by atoms with Crippen LogP contribution in [0.15, 0.2) is 48.5 Å². The Morgan fingerprint density at radius 2 is 1.66 bits per heavy atom. The molecule has 3 rings (SSSR count). The van der Waals surface area contributed by atoms with E-state index in [1.54, 1.807) is 9.80 Å². The quantitative estimate of drug-likeness (QED) is 0.734. The standard InChI is InChI=1S/C24H24F3N3O2/c1-2-18-8-10-20(11-9-18)22(31)29-13-15-30(16-14-29)23(32)28-12-4-6-19-5-3-7-21(17-19)24(25,26)27/h3,5,7-11,17H,2,12-16H2,1H3,(H,28,32). The van der Waals surface area contributed by atoms with Crippen LogP contribution in [-0.2, 0) is 12.6 Å². The van der Waals surface area contributed by atoms with E-state index in [4.69, 9.17) is 0 Å². The van der Waals surface area contributed by atoms with Crippen LogP contribution in [0.2, 0.25) is 0 Å². The number of piperazine rings is 1. The second kappa shape index (κ2) is 10.2. The number of benzene rings is 2. The average molecular weight is 443 g/mol. The average Bonchev–Trinajstić information content (AvgIpc) is 2.81. The molecule has 0 spiro atoms. The lowest BCUT2D eigenvalue weighted by Crippen LogP contribution is -2.53. The maximum absolute atomic E-state index is 12.7. The largest absolute Gasteiger partial charge is 0.416 e. The lowest BCUT2D eigenvalue weighted by molar-refractivity contribution is -0.137. The normalized spacial score (nSPS) is 13.9. The molecule has 3 amide bonds. The highest BCUT2D eigenvalue weighted by Crippen LogP contribution is 2.29. The Kier molecular flexibility index (Phi) is 7.41. The number of halogens is 3. The van der Waals surface area contributed by atoms with Crippen molar-refractivity contribution in [3.05, 3.63) is 70.8 Å². The second-order valence-electron chi connectivity index (χ2n) is 7.37. The van der Waals surface area contributed by atoms with Crippen molar-refractivity contribution in [1.29, 1.82) is 0 Å². The molecular formula is C24H24F3N3O2. The maximum Gasteiger partial charge on any atom is 0.416 e. The number of nitrogens with one attached hydrogen (secondary N) is 1. The molecule has 8 heteroatoms. The molecule has 0 bridgehead atoms. The molecule has 1 heterocycles. The lowest BCUT2D eigenvalue weighted by Gasteiger charge is -2.34. The number of hydrogen-bond acceptors (Lipinski definition) is 2. The van der Waals surface area contributed by atoms with E-state index in [-0.39, 0.29) is 24.0 Å². The highest BCUT2D eigenvalue weighted by Gasteiger charge is 2.30. The molecule has 0 atom stereocenters. The number of rotatable bonds is 3. The number of amides is 3. The zero-order valence-electron chi connectivity index (χ0n) is 17.7. The molecule has 0 radical (unpaired) electrons. The van der Waals surface area contributed by atoms with Crippen LogP contribution in [0.25, 0.3) is 0 Å². The van der Waals surface area contributed by atoms with E-state index < -0.39 is 11.7 Å². The van der Waals surface area contributed by atoms with Crippen LogP contribution < -0.4 is 5.32 Å². The number of carbonyl (C=O) groups excluding carboxylic acids is 2. The van der Waals surface area contributed by atoms with Crippen molar-refractivity contribution in [2.75, 3.05) is 32.7 Å². The predicted molar refractivity (Wildman–Crippen MR) is 115 cm³/mol. The third kappa shape index (κ3) is 6.03. The van der Waals surface area contributed by atoms with E-state index in [9.17, 15) is 22.8 Å². The Morgan fingerprint density at radius 3 is 2.28 bits per heavy atom. The Labute approximate surface area is 185 Å². The molecule has 32 heavy (non-hydrogen) atoms. The van der Waals surface area contributed by atoms with Crippen molar-refractivity contribution >= 4 is 11.9 Å².